The van der Waals surface area contributed by atoms with E-state index in [2.05, 4.69) is 10.6 Å². The van der Waals surface area contributed by atoms with Crippen molar-refractivity contribution in [1.82, 2.24) is 4.90 Å². The Morgan fingerprint density at radius 3 is 2.58 bits per heavy atom. The standard InChI is InChI=1S/C16H18N2O2.CH5O4P/c1-16(2)9-13(18-7-3-4-15(18)19)12-8-11(10-17)5-6-14(12)20-16;1-5-6(2,3)4/h5-6,8,13H,3-4,7,9H2,1-2H3;1H3,(H2,2,3,4). The molecule has 3 rings (SSSR count). The number of fused-ring (bicyclic) bond motifs is 1. The minimum Gasteiger partial charge on any atom is -0.487 e. The van der Waals surface area contributed by atoms with Crippen molar-refractivity contribution in [3.63, 3.8) is 0 Å². The maximum Gasteiger partial charge on any atom is 0.469 e. The van der Waals surface area contributed by atoms with E-state index in [9.17, 15) is 9.36 Å². The summed E-state index contributed by atoms with van der Waals surface area (Å²) in [5, 5.41) is 9.07. The molecule has 2 aliphatic rings. The number of hydrogen-bond acceptors (Lipinski definition) is 5. The van der Waals surface area contributed by atoms with E-state index in [1.54, 1.807) is 6.07 Å². The van der Waals surface area contributed by atoms with Crippen LogP contribution >= 0.6 is 7.82 Å². The molecule has 0 spiro atoms. The Bertz CT molecular complexity index is 767. The van der Waals surface area contributed by atoms with Gasteiger partial charge in [0.05, 0.1) is 17.7 Å². The number of nitrogens with zero attached hydrogens (tertiary/aromatic N) is 2. The lowest BCUT2D eigenvalue weighted by molar-refractivity contribution is -0.131. The van der Waals surface area contributed by atoms with Crippen molar-refractivity contribution in [1.29, 1.82) is 5.26 Å². The zero-order chi connectivity index (χ0) is 19.5. The fraction of sp³-hybridized carbons (Fsp3) is 0.529. The predicted octanol–water partition coefficient (Wildman–Crippen LogP) is 2.51. The first-order chi connectivity index (χ1) is 12.1. The van der Waals surface area contributed by atoms with E-state index in [0.29, 0.717) is 12.0 Å². The van der Waals surface area contributed by atoms with E-state index < -0.39 is 7.82 Å². The molecule has 0 bridgehead atoms. The maximum absolute atomic E-state index is 12.1. The molecule has 1 saturated heterocycles. The third-order valence-corrected chi connectivity index (χ3v) is 4.77. The van der Waals surface area contributed by atoms with Crippen LogP contribution in [-0.4, -0.2) is 39.8 Å². The Hall–Kier alpha value is -1.91. The molecule has 26 heavy (non-hydrogen) atoms. The van der Waals surface area contributed by atoms with E-state index >= 15 is 0 Å². The van der Waals surface area contributed by atoms with Crippen LogP contribution in [0.5, 0.6) is 5.75 Å². The molecule has 2 heterocycles. The van der Waals surface area contributed by atoms with E-state index in [-0.39, 0.29) is 17.6 Å². The SMILES string of the molecule is CC1(C)CC(N2CCCC2=O)c2cc(C#N)ccc2O1.COP(=O)(O)O. The molecule has 0 saturated carbocycles. The van der Waals surface area contributed by atoms with Gasteiger partial charge in [-0.15, -0.1) is 0 Å². The van der Waals surface area contributed by atoms with Gasteiger partial charge in [0.1, 0.15) is 11.4 Å². The summed E-state index contributed by atoms with van der Waals surface area (Å²) < 4.78 is 19.1. The second-order valence-electron chi connectivity index (χ2n) is 6.81. The average molecular weight is 382 g/mol. The summed E-state index contributed by atoms with van der Waals surface area (Å²) in [4.78, 5) is 29.4. The van der Waals surface area contributed by atoms with Crippen LogP contribution in [0.4, 0.5) is 0 Å². The number of amides is 1. The highest BCUT2D eigenvalue weighted by Crippen LogP contribution is 2.44. The average Bonchev–Trinajstić information content (AvgIpc) is 2.99. The van der Waals surface area contributed by atoms with Crippen LogP contribution < -0.4 is 4.74 Å². The topological polar surface area (TPSA) is 120 Å². The Labute approximate surface area is 152 Å². The number of hydrogen-bond donors (Lipinski definition) is 2. The molecule has 2 aliphatic heterocycles. The number of carbonyl (C=O) groups is 1. The molecule has 0 aromatic heterocycles. The lowest BCUT2D eigenvalue weighted by atomic mass is 9.88. The van der Waals surface area contributed by atoms with Crippen LogP contribution in [0.1, 0.15) is 50.3 Å². The molecule has 1 unspecified atom stereocenters. The van der Waals surface area contributed by atoms with Gasteiger partial charge in [-0.3, -0.25) is 9.32 Å². The van der Waals surface area contributed by atoms with Crippen molar-refractivity contribution in [3.05, 3.63) is 29.3 Å². The molecule has 1 amide bonds. The molecule has 8 nitrogen and oxygen atoms in total. The van der Waals surface area contributed by atoms with Crippen molar-refractivity contribution < 1.29 is 28.4 Å². The van der Waals surface area contributed by atoms with Crippen molar-refractivity contribution in [2.24, 2.45) is 0 Å². The zero-order valence-corrected chi connectivity index (χ0v) is 15.9. The summed E-state index contributed by atoms with van der Waals surface area (Å²) in [5.41, 5.74) is 1.29. The van der Waals surface area contributed by atoms with Gasteiger partial charge in [0.25, 0.3) is 0 Å². The molecular formula is C17H23N2O6P. The summed E-state index contributed by atoms with van der Waals surface area (Å²) in [6.45, 7) is 4.89. The van der Waals surface area contributed by atoms with E-state index in [0.717, 1.165) is 37.8 Å². The Balaban J connectivity index is 0.000000352. The monoisotopic (exact) mass is 382 g/mol. The molecule has 142 valence electrons. The van der Waals surface area contributed by atoms with Crippen molar-refractivity contribution in [3.8, 4) is 11.8 Å². The minimum atomic E-state index is -4.15. The number of likely N-dealkylation sites (tertiary alicyclic amines) is 1. The smallest absolute Gasteiger partial charge is 0.469 e. The largest absolute Gasteiger partial charge is 0.487 e. The number of phosphoric acid groups is 1. The van der Waals surface area contributed by atoms with Gasteiger partial charge in [-0.1, -0.05) is 0 Å². The molecule has 1 aromatic carbocycles. The lowest BCUT2D eigenvalue weighted by Gasteiger charge is -2.41. The second-order valence-corrected chi connectivity index (χ2v) is 8.16. The first kappa shape index (κ1) is 20.4. The second kappa shape index (κ2) is 7.77. The van der Waals surface area contributed by atoms with Crippen LogP contribution in [0, 0.1) is 11.3 Å². The van der Waals surface area contributed by atoms with Gasteiger partial charge in [0.2, 0.25) is 5.91 Å². The Morgan fingerprint density at radius 2 is 2.08 bits per heavy atom. The van der Waals surface area contributed by atoms with Crippen molar-refractivity contribution >= 4 is 13.7 Å². The highest BCUT2D eigenvalue weighted by atomic mass is 31.2. The molecule has 0 aliphatic carbocycles. The van der Waals surface area contributed by atoms with Gasteiger partial charge in [-0.25, -0.2) is 4.57 Å². The third-order valence-electron chi connectivity index (χ3n) is 4.29. The van der Waals surface area contributed by atoms with E-state index in [1.807, 2.05) is 30.9 Å². The van der Waals surface area contributed by atoms with Gasteiger partial charge in [-0.2, -0.15) is 5.26 Å². The summed E-state index contributed by atoms with van der Waals surface area (Å²) in [6.07, 6.45) is 2.32. The van der Waals surface area contributed by atoms with Crippen molar-refractivity contribution in [2.45, 2.75) is 44.8 Å². The van der Waals surface area contributed by atoms with Gasteiger partial charge < -0.3 is 19.4 Å². The minimum absolute atomic E-state index is 0.0250. The zero-order valence-electron chi connectivity index (χ0n) is 15.0. The summed E-state index contributed by atoms with van der Waals surface area (Å²) in [5.74, 6) is 1.01. The fourth-order valence-electron chi connectivity index (χ4n) is 3.16. The molecule has 9 heteroatoms. The van der Waals surface area contributed by atoms with E-state index in [4.69, 9.17) is 19.8 Å². The first-order valence-corrected chi connectivity index (χ1v) is 9.73. The van der Waals surface area contributed by atoms with Crippen LogP contribution in [0.3, 0.4) is 0 Å². The highest BCUT2D eigenvalue weighted by molar-refractivity contribution is 7.46. The molecular weight excluding hydrogens is 359 g/mol. The van der Waals surface area contributed by atoms with Crippen molar-refractivity contribution in [2.75, 3.05) is 13.7 Å². The van der Waals surface area contributed by atoms with Crippen LogP contribution in [0.15, 0.2) is 18.2 Å². The number of benzene rings is 1. The molecule has 1 fully saturated rings. The summed E-state index contributed by atoms with van der Waals surface area (Å²) >= 11 is 0. The third kappa shape index (κ3) is 5.05. The molecule has 1 aromatic rings. The number of carbonyl (C=O) groups excluding carboxylic acids is 1. The number of rotatable bonds is 2. The Kier molecular flexibility index (Phi) is 6.09. The van der Waals surface area contributed by atoms with E-state index in [1.165, 1.54) is 0 Å². The highest BCUT2D eigenvalue weighted by Gasteiger charge is 2.39. The quantitative estimate of drug-likeness (QED) is 0.754. The lowest BCUT2D eigenvalue weighted by Crippen LogP contribution is -2.42. The number of nitriles is 1. The summed E-state index contributed by atoms with van der Waals surface area (Å²) in [7, 11) is -3.20. The van der Waals surface area contributed by atoms with Gasteiger partial charge in [0, 0.05) is 32.1 Å². The maximum atomic E-state index is 12.1. The first-order valence-electron chi connectivity index (χ1n) is 8.20. The molecule has 2 N–H and O–H groups in total. The van der Waals surface area contributed by atoms with Crippen LogP contribution in [0.25, 0.3) is 0 Å². The van der Waals surface area contributed by atoms with Crippen LogP contribution in [-0.2, 0) is 13.9 Å². The molecule has 1 atom stereocenters. The summed E-state index contributed by atoms with van der Waals surface area (Å²) in [6, 6.07) is 7.66. The van der Waals surface area contributed by atoms with Gasteiger partial charge in [0.15, 0.2) is 0 Å². The number of ether oxygens (including phenoxy) is 1. The van der Waals surface area contributed by atoms with Gasteiger partial charge in [-0.05, 0) is 38.5 Å². The van der Waals surface area contributed by atoms with Gasteiger partial charge >= 0.3 is 7.82 Å². The normalized spacial score (nSPS) is 21.2. The Morgan fingerprint density at radius 1 is 1.42 bits per heavy atom. The number of phosphoric ester groups is 1. The predicted molar refractivity (Wildman–Crippen MR) is 93.2 cm³/mol. The molecule has 0 radical (unpaired) electrons. The fourth-order valence-corrected chi connectivity index (χ4v) is 3.16. The van der Waals surface area contributed by atoms with Crippen LogP contribution in [0.2, 0.25) is 0 Å².